The minimum atomic E-state index is -4.14. The van der Waals surface area contributed by atoms with E-state index < -0.39 is 28.5 Å². The van der Waals surface area contributed by atoms with Crippen LogP contribution >= 0.6 is 34.8 Å². The molecule has 2 rings (SSSR count). The van der Waals surface area contributed by atoms with Crippen LogP contribution in [0.5, 0.6) is 0 Å². The van der Waals surface area contributed by atoms with Crippen molar-refractivity contribution in [1.29, 1.82) is 0 Å². The van der Waals surface area contributed by atoms with Gasteiger partial charge in [-0.05, 0) is 24.3 Å². The Balaban J connectivity index is 2.35. The highest BCUT2D eigenvalue weighted by Gasteiger charge is 2.29. The Labute approximate surface area is 171 Å². The molecule has 0 aromatic heterocycles. The van der Waals surface area contributed by atoms with E-state index in [0.29, 0.717) is 4.31 Å². The van der Waals surface area contributed by atoms with E-state index in [1.165, 1.54) is 44.4 Å². The summed E-state index contributed by atoms with van der Waals surface area (Å²) >= 11 is 17.7. The summed E-state index contributed by atoms with van der Waals surface area (Å²) in [6.45, 7) is -0.683. The second-order valence-corrected chi connectivity index (χ2v) is 8.83. The average Bonchev–Trinajstić information content (AvgIpc) is 2.58. The Morgan fingerprint density at radius 3 is 2.26 bits per heavy atom. The zero-order valence-electron chi connectivity index (χ0n) is 14.2. The second kappa shape index (κ2) is 8.62. The first kappa shape index (κ1) is 21.7. The van der Waals surface area contributed by atoms with Gasteiger partial charge in [-0.1, -0.05) is 46.9 Å². The van der Waals surface area contributed by atoms with Crippen LogP contribution in [0.4, 0.5) is 15.8 Å². The molecular formula is C16H15Cl3FN3O3S. The number of halogens is 4. The Kier molecular flexibility index (Phi) is 6.93. The van der Waals surface area contributed by atoms with Crippen LogP contribution in [0.15, 0.2) is 36.4 Å². The van der Waals surface area contributed by atoms with Gasteiger partial charge in [0.15, 0.2) is 0 Å². The summed E-state index contributed by atoms with van der Waals surface area (Å²) in [7, 11) is -1.59. The predicted octanol–water partition coefficient (Wildman–Crippen LogP) is 4.04. The van der Waals surface area contributed by atoms with Gasteiger partial charge in [-0.25, -0.2) is 8.70 Å². The van der Waals surface area contributed by atoms with Gasteiger partial charge in [-0.3, -0.25) is 4.79 Å². The number of anilines is 2. The summed E-state index contributed by atoms with van der Waals surface area (Å²) in [6.07, 6.45) is 0. The summed E-state index contributed by atoms with van der Waals surface area (Å²) < 4.78 is 40.8. The van der Waals surface area contributed by atoms with Crippen molar-refractivity contribution < 1.29 is 17.6 Å². The van der Waals surface area contributed by atoms with Gasteiger partial charge in [0.05, 0.1) is 26.4 Å². The Morgan fingerprint density at radius 2 is 1.67 bits per heavy atom. The lowest BCUT2D eigenvalue weighted by Crippen LogP contribution is -2.44. The van der Waals surface area contributed by atoms with Crippen molar-refractivity contribution in [3.8, 4) is 0 Å². The normalized spacial score (nSPS) is 11.5. The Morgan fingerprint density at radius 1 is 1.07 bits per heavy atom. The maximum absolute atomic E-state index is 14.2. The molecule has 6 nitrogen and oxygen atoms in total. The fourth-order valence-corrected chi connectivity index (χ4v) is 3.75. The fraction of sp³-hybridized carbons (Fsp3) is 0.188. The van der Waals surface area contributed by atoms with E-state index in [-0.39, 0.29) is 26.4 Å². The molecule has 0 unspecified atom stereocenters. The summed E-state index contributed by atoms with van der Waals surface area (Å²) in [4.78, 5) is 12.4. The number of para-hydroxylation sites is 1. The maximum Gasteiger partial charge on any atom is 0.304 e. The number of nitrogens with one attached hydrogen (secondary N) is 1. The molecular weight excluding hydrogens is 440 g/mol. The highest BCUT2D eigenvalue weighted by molar-refractivity contribution is 7.90. The standard InChI is InChI=1S/C16H15Cl3FN3O3S/c1-22(2)27(25,26)23(15-6-4-3-5-13(15)20)9-16(24)21-14-8-11(18)10(17)7-12(14)19/h3-8H,9H2,1-2H3,(H,21,24). The summed E-state index contributed by atoms with van der Waals surface area (Å²) in [5.41, 5.74) is -0.117. The first-order valence-corrected chi connectivity index (χ1v) is 9.96. The third-order valence-electron chi connectivity index (χ3n) is 3.43. The molecule has 11 heteroatoms. The molecule has 0 bridgehead atoms. The largest absolute Gasteiger partial charge is 0.323 e. The van der Waals surface area contributed by atoms with E-state index in [1.807, 2.05) is 0 Å². The van der Waals surface area contributed by atoms with Gasteiger partial charge in [-0.2, -0.15) is 12.7 Å². The molecule has 27 heavy (non-hydrogen) atoms. The minimum absolute atomic E-state index is 0.116. The van der Waals surface area contributed by atoms with Crippen LogP contribution in [0.25, 0.3) is 0 Å². The van der Waals surface area contributed by atoms with E-state index in [2.05, 4.69) is 5.32 Å². The molecule has 0 aliphatic heterocycles. The minimum Gasteiger partial charge on any atom is -0.323 e. The second-order valence-electron chi connectivity index (χ2n) is 5.54. The molecule has 1 N–H and O–H groups in total. The molecule has 0 fully saturated rings. The maximum atomic E-state index is 14.2. The van der Waals surface area contributed by atoms with Crippen molar-refractivity contribution in [2.24, 2.45) is 0 Å². The van der Waals surface area contributed by atoms with Crippen LogP contribution in [0.3, 0.4) is 0 Å². The number of rotatable bonds is 6. The van der Waals surface area contributed by atoms with Crippen molar-refractivity contribution in [1.82, 2.24) is 4.31 Å². The van der Waals surface area contributed by atoms with Crippen LogP contribution in [0.2, 0.25) is 15.1 Å². The molecule has 1 amide bonds. The molecule has 146 valence electrons. The van der Waals surface area contributed by atoms with Gasteiger partial charge >= 0.3 is 10.2 Å². The zero-order valence-corrected chi connectivity index (χ0v) is 17.3. The van der Waals surface area contributed by atoms with E-state index in [1.54, 1.807) is 0 Å². The number of hydrogen-bond acceptors (Lipinski definition) is 3. The van der Waals surface area contributed by atoms with Crippen molar-refractivity contribution in [3.05, 3.63) is 57.3 Å². The quantitative estimate of drug-likeness (QED) is 0.670. The van der Waals surface area contributed by atoms with Crippen molar-refractivity contribution in [2.45, 2.75) is 0 Å². The molecule has 0 aliphatic carbocycles. The molecule has 0 aliphatic rings. The van der Waals surface area contributed by atoms with Crippen LogP contribution in [-0.2, 0) is 15.0 Å². The third-order valence-corrected chi connectivity index (χ3v) is 6.27. The molecule has 2 aromatic rings. The predicted molar refractivity (Wildman–Crippen MR) is 106 cm³/mol. The van der Waals surface area contributed by atoms with Crippen LogP contribution < -0.4 is 9.62 Å². The van der Waals surface area contributed by atoms with Gasteiger partial charge in [0.1, 0.15) is 12.4 Å². The van der Waals surface area contributed by atoms with Crippen LogP contribution in [0.1, 0.15) is 0 Å². The average molecular weight is 455 g/mol. The van der Waals surface area contributed by atoms with E-state index >= 15 is 0 Å². The summed E-state index contributed by atoms with van der Waals surface area (Å²) in [6, 6.07) is 7.90. The summed E-state index contributed by atoms with van der Waals surface area (Å²) in [5.74, 6) is -1.53. The molecule has 0 radical (unpaired) electrons. The number of benzene rings is 2. The topological polar surface area (TPSA) is 69.7 Å². The molecule has 0 saturated heterocycles. The molecule has 0 atom stereocenters. The van der Waals surface area contributed by atoms with Crippen LogP contribution in [-0.4, -0.2) is 39.3 Å². The number of carbonyl (C=O) groups excluding carboxylic acids is 1. The molecule has 0 saturated carbocycles. The van der Waals surface area contributed by atoms with E-state index in [9.17, 15) is 17.6 Å². The molecule has 2 aromatic carbocycles. The van der Waals surface area contributed by atoms with Crippen LogP contribution in [0, 0.1) is 5.82 Å². The van der Waals surface area contributed by atoms with E-state index in [4.69, 9.17) is 34.8 Å². The third kappa shape index (κ3) is 5.03. The SMILES string of the molecule is CN(C)S(=O)(=O)N(CC(=O)Nc1cc(Cl)c(Cl)cc1Cl)c1ccccc1F. The fourth-order valence-electron chi connectivity index (χ4n) is 2.08. The van der Waals surface area contributed by atoms with Gasteiger partial charge in [-0.15, -0.1) is 0 Å². The van der Waals surface area contributed by atoms with Crippen molar-refractivity contribution >= 4 is 62.3 Å². The molecule has 0 spiro atoms. The van der Waals surface area contributed by atoms with Gasteiger partial charge in [0, 0.05) is 14.1 Å². The Bertz CT molecular complexity index is 971. The van der Waals surface area contributed by atoms with Crippen molar-refractivity contribution in [3.63, 3.8) is 0 Å². The lowest BCUT2D eigenvalue weighted by atomic mass is 10.3. The highest BCUT2D eigenvalue weighted by Crippen LogP contribution is 2.32. The molecule has 0 heterocycles. The number of nitrogens with zero attached hydrogens (tertiary/aromatic N) is 2. The van der Waals surface area contributed by atoms with Gasteiger partial charge < -0.3 is 5.32 Å². The van der Waals surface area contributed by atoms with Gasteiger partial charge in [0.25, 0.3) is 0 Å². The number of hydrogen-bond donors (Lipinski definition) is 1. The lowest BCUT2D eigenvalue weighted by Gasteiger charge is -2.27. The number of amides is 1. The zero-order chi connectivity index (χ0) is 20.4. The summed E-state index contributed by atoms with van der Waals surface area (Å²) in [5, 5.41) is 2.92. The smallest absolute Gasteiger partial charge is 0.304 e. The number of carbonyl (C=O) groups is 1. The highest BCUT2D eigenvalue weighted by atomic mass is 35.5. The van der Waals surface area contributed by atoms with Crippen molar-refractivity contribution in [2.75, 3.05) is 30.3 Å². The first-order valence-electron chi connectivity index (χ1n) is 7.43. The van der Waals surface area contributed by atoms with E-state index in [0.717, 1.165) is 10.4 Å². The monoisotopic (exact) mass is 453 g/mol. The lowest BCUT2D eigenvalue weighted by molar-refractivity contribution is -0.114. The Hall–Kier alpha value is -1.58. The first-order chi connectivity index (χ1) is 12.5. The van der Waals surface area contributed by atoms with Gasteiger partial charge in [0.2, 0.25) is 5.91 Å².